The van der Waals surface area contributed by atoms with Crippen LogP contribution in [0.25, 0.3) is 5.76 Å². The fourth-order valence-electron chi connectivity index (χ4n) is 3.50. The highest BCUT2D eigenvalue weighted by Gasteiger charge is 2.43. The average molecular weight is 305 g/mol. The molecule has 0 saturated carbocycles. The van der Waals surface area contributed by atoms with E-state index in [2.05, 4.69) is 17.4 Å². The van der Waals surface area contributed by atoms with E-state index >= 15 is 0 Å². The number of hydrogen-bond acceptors (Lipinski definition) is 2. The number of hydrogen-bond donors (Lipinski definition) is 1. The molecule has 0 bridgehead atoms. The van der Waals surface area contributed by atoms with Crippen molar-refractivity contribution in [2.75, 3.05) is 6.61 Å². The van der Waals surface area contributed by atoms with Crippen LogP contribution >= 0.6 is 0 Å². The van der Waals surface area contributed by atoms with Crippen molar-refractivity contribution in [3.63, 3.8) is 0 Å². The van der Waals surface area contributed by atoms with Crippen molar-refractivity contribution < 1.29 is 9.53 Å². The average Bonchev–Trinajstić information content (AvgIpc) is 2.92. The Hall–Kier alpha value is -2.55. The Morgan fingerprint density at radius 1 is 1.00 bits per heavy atom. The van der Waals surface area contributed by atoms with E-state index in [9.17, 15) is 4.79 Å². The lowest BCUT2D eigenvalue weighted by atomic mass is 9.85. The smallest absolute Gasteiger partial charge is 0.227 e. The Labute approximate surface area is 136 Å². The molecule has 1 fully saturated rings. The molecule has 3 atom stereocenters. The van der Waals surface area contributed by atoms with Gasteiger partial charge in [0.2, 0.25) is 5.91 Å². The van der Waals surface area contributed by atoms with Gasteiger partial charge in [0.1, 0.15) is 5.76 Å². The van der Waals surface area contributed by atoms with Gasteiger partial charge in [-0.2, -0.15) is 0 Å². The van der Waals surface area contributed by atoms with E-state index in [1.165, 1.54) is 5.56 Å². The SMILES string of the molecule is O=C1NC(Cc2ccccc2)C2COC(c3ccccc3)=CC12. The van der Waals surface area contributed by atoms with Crippen molar-refractivity contribution in [1.29, 1.82) is 0 Å². The molecule has 1 saturated heterocycles. The second-order valence-electron chi connectivity index (χ2n) is 6.20. The molecule has 3 unspecified atom stereocenters. The minimum absolute atomic E-state index is 0.0901. The maximum atomic E-state index is 12.4. The first-order valence-corrected chi connectivity index (χ1v) is 8.05. The van der Waals surface area contributed by atoms with Gasteiger partial charge in [-0.25, -0.2) is 0 Å². The summed E-state index contributed by atoms with van der Waals surface area (Å²) in [5.74, 6) is 1.05. The van der Waals surface area contributed by atoms with Crippen LogP contribution in [0.4, 0.5) is 0 Å². The van der Waals surface area contributed by atoms with Crippen LogP contribution in [0, 0.1) is 11.8 Å². The van der Waals surface area contributed by atoms with E-state index in [-0.39, 0.29) is 23.8 Å². The van der Waals surface area contributed by atoms with Crippen LogP contribution in [0.1, 0.15) is 11.1 Å². The van der Waals surface area contributed by atoms with E-state index in [1.54, 1.807) is 0 Å². The quantitative estimate of drug-likeness (QED) is 0.946. The van der Waals surface area contributed by atoms with E-state index in [4.69, 9.17) is 4.74 Å². The Morgan fingerprint density at radius 3 is 2.43 bits per heavy atom. The highest BCUT2D eigenvalue weighted by molar-refractivity contribution is 5.86. The first-order chi connectivity index (χ1) is 11.3. The molecule has 3 nitrogen and oxygen atoms in total. The van der Waals surface area contributed by atoms with Crippen LogP contribution in [-0.2, 0) is 16.0 Å². The second-order valence-corrected chi connectivity index (χ2v) is 6.20. The zero-order valence-electron chi connectivity index (χ0n) is 12.8. The molecule has 3 heteroatoms. The lowest BCUT2D eigenvalue weighted by Gasteiger charge is -2.27. The third-order valence-electron chi connectivity index (χ3n) is 4.73. The van der Waals surface area contributed by atoms with Gasteiger partial charge < -0.3 is 10.1 Å². The van der Waals surface area contributed by atoms with Gasteiger partial charge in [0.05, 0.1) is 12.5 Å². The van der Waals surface area contributed by atoms with Gasteiger partial charge in [-0.1, -0.05) is 60.7 Å². The Balaban J connectivity index is 1.55. The second kappa shape index (κ2) is 5.92. The summed E-state index contributed by atoms with van der Waals surface area (Å²) in [6.07, 6.45) is 2.84. The summed E-state index contributed by atoms with van der Waals surface area (Å²) in [5.41, 5.74) is 2.28. The molecule has 0 aromatic heterocycles. The molecule has 0 spiro atoms. The van der Waals surface area contributed by atoms with Crippen LogP contribution in [-0.4, -0.2) is 18.6 Å². The summed E-state index contributed by atoms with van der Waals surface area (Å²) in [6.45, 7) is 0.585. The minimum atomic E-state index is -0.0901. The van der Waals surface area contributed by atoms with Gasteiger partial charge in [0, 0.05) is 17.5 Å². The molecule has 2 aromatic rings. The highest BCUT2D eigenvalue weighted by atomic mass is 16.5. The summed E-state index contributed by atoms with van der Waals surface area (Å²) in [6, 6.07) is 20.4. The molecule has 4 rings (SSSR count). The largest absolute Gasteiger partial charge is 0.493 e. The third kappa shape index (κ3) is 2.74. The number of carbonyl (C=O) groups is 1. The molecule has 23 heavy (non-hydrogen) atoms. The number of carbonyl (C=O) groups excluding carboxylic acids is 1. The van der Waals surface area contributed by atoms with E-state index in [0.29, 0.717) is 6.61 Å². The summed E-state index contributed by atoms with van der Waals surface area (Å²) >= 11 is 0. The van der Waals surface area contributed by atoms with Gasteiger partial charge in [-0.3, -0.25) is 4.79 Å². The number of amides is 1. The fraction of sp³-hybridized carbons (Fsp3) is 0.250. The molecule has 1 amide bonds. The van der Waals surface area contributed by atoms with Gasteiger partial charge in [0.15, 0.2) is 0 Å². The van der Waals surface area contributed by atoms with Gasteiger partial charge in [-0.05, 0) is 18.1 Å². The first kappa shape index (κ1) is 14.1. The molecule has 2 aromatic carbocycles. The Bertz CT molecular complexity index is 724. The Morgan fingerprint density at radius 2 is 1.70 bits per heavy atom. The van der Waals surface area contributed by atoms with Crippen LogP contribution in [0.5, 0.6) is 0 Å². The van der Waals surface area contributed by atoms with Crippen LogP contribution in [0.3, 0.4) is 0 Å². The van der Waals surface area contributed by atoms with Crippen molar-refractivity contribution in [3.8, 4) is 0 Å². The minimum Gasteiger partial charge on any atom is -0.493 e. The van der Waals surface area contributed by atoms with Crippen molar-refractivity contribution in [1.82, 2.24) is 5.32 Å². The zero-order valence-corrected chi connectivity index (χ0v) is 12.8. The maximum Gasteiger partial charge on any atom is 0.227 e. The maximum absolute atomic E-state index is 12.4. The normalized spacial score (nSPS) is 26.0. The molecule has 2 heterocycles. The topological polar surface area (TPSA) is 38.3 Å². The Kier molecular flexibility index (Phi) is 3.62. The number of rotatable bonds is 3. The van der Waals surface area contributed by atoms with Gasteiger partial charge >= 0.3 is 0 Å². The van der Waals surface area contributed by atoms with E-state index < -0.39 is 0 Å². The number of nitrogens with one attached hydrogen (secondary N) is 1. The van der Waals surface area contributed by atoms with Gasteiger partial charge in [0.25, 0.3) is 0 Å². The third-order valence-corrected chi connectivity index (χ3v) is 4.73. The van der Waals surface area contributed by atoms with Crippen molar-refractivity contribution in [2.24, 2.45) is 11.8 Å². The number of fused-ring (bicyclic) bond motifs is 1. The number of benzene rings is 2. The monoisotopic (exact) mass is 305 g/mol. The van der Waals surface area contributed by atoms with E-state index in [1.807, 2.05) is 54.6 Å². The van der Waals surface area contributed by atoms with Crippen molar-refractivity contribution in [2.45, 2.75) is 12.5 Å². The zero-order chi connectivity index (χ0) is 15.6. The lowest BCUT2D eigenvalue weighted by Crippen LogP contribution is -2.33. The molecule has 116 valence electrons. The summed E-state index contributed by atoms with van der Waals surface area (Å²) in [4.78, 5) is 12.4. The van der Waals surface area contributed by atoms with Crippen molar-refractivity contribution in [3.05, 3.63) is 77.9 Å². The molecule has 0 radical (unpaired) electrons. The predicted octanol–water partition coefficient (Wildman–Crippen LogP) is 3.03. The van der Waals surface area contributed by atoms with Crippen LogP contribution in [0.2, 0.25) is 0 Å². The predicted molar refractivity (Wildman–Crippen MR) is 89.4 cm³/mol. The first-order valence-electron chi connectivity index (χ1n) is 8.05. The lowest BCUT2D eigenvalue weighted by molar-refractivity contribution is -0.122. The van der Waals surface area contributed by atoms with Crippen LogP contribution < -0.4 is 5.32 Å². The number of ether oxygens (including phenoxy) is 1. The highest BCUT2D eigenvalue weighted by Crippen LogP contribution is 2.35. The van der Waals surface area contributed by atoms with Gasteiger partial charge in [-0.15, -0.1) is 0 Å². The van der Waals surface area contributed by atoms with E-state index in [0.717, 1.165) is 17.7 Å². The molecular weight excluding hydrogens is 286 g/mol. The fourth-order valence-corrected chi connectivity index (χ4v) is 3.50. The standard InChI is InChI=1S/C20H19NO2/c22-20-16-12-19(15-9-5-2-6-10-15)23-13-17(16)18(21-20)11-14-7-3-1-4-8-14/h1-10,12,16-18H,11,13H2,(H,21,22). The molecule has 0 aliphatic carbocycles. The molecule has 2 aliphatic rings. The summed E-state index contributed by atoms with van der Waals surface area (Å²) in [7, 11) is 0. The molecule has 2 aliphatic heterocycles. The summed E-state index contributed by atoms with van der Waals surface area (Å²) < 4.78 is 5.96. The molecular formula is C20H19NO2. The summed E-state index contributed by atoms with van der Waals surface area (Å²) in [5, 5.41) is 3.15. The van der Waals surface area contributed by atoms with Crippen LogP contribution in [0.15, 0.2) is 66.7 Å². The molecule has 1 N–H and O–H groups in total. The van der Waals surface area contributed by atoms with Crippen molar-refractivity contribution >= 4 is 11.7 Å².